The lowest BCUT2D eigenvalue weighted by atomic mass is 10.1. The molecule has 0 amide bonds. The lowest BCUT2D eigenvalue weighted by Gasteiger charge is -2.22. The van der Waals surface area contributed by atoms with Crippen LogP contribution in [-0.2, 0) is 33.2 Å². The molecule has 460 valence electrons. The van der Waals surface area contributed by atoms with Crippen LogP contribution in [0.15, 0.2) is 24.3 Å². The normalized spacial score (nSPS) is 13.0. The maximum absolute atomic E-state index is 6.68. The highest BCUT2D eigenvalue weighted by molar-refractivity contribution is 4.90. The van der Waals surface area contributed by atoms with Crippen LogP contribution in [0.5, 0.6) is 0 Å². The van der Waals surface area contributed by atoms with E-state index in [4.69, 9.17) is 33.2 Å². The summed E-state index contributed by atoms with van der Waals surface area (Å²) in [6.45, 7) is 18.4. The van der Waals surface area contributed by atoms with Crippen molar-refractivity contribution in [3.05, 3.63) is 24.3 Å². The molecular weight excluding hydrogens is 953 g/mol. The second kappa shape index (κ2) is 67.7. The molecule has 0 bridgehead atoms. The van der Waals surface area contributed by atoms with E-state index in [1.165, 1.54) is 231 Å². The molecule has 0 aliphatic carbocycles. The summed E-state index contributed by atoms with van der Waals surface area (Å²) in [5.74, 6) is 0. The van der Waals surface area contributed by atoms with Crippen LogP contribution in [0.4, 0.5) is 0 Å². The van der Waals surface area contributed by atoms with Crippen LogP contribution < -0.4 is 0 Å². The molecule has 0 heterocycles. The van der Waals surface area contributed by atoms with Gasteiger partial charge in [0.1, 0.15) is 0 Å². The molecule has 0 aromatic heterocycles. The van der Waals surface area contributed by atoms with Gasteiger partial charge in [0, 0.05) is 26.4 Å². The van der Waals surface area contributed by atoms with E-state index in [1.54, 1.807) is 0 Å². The summed E-state index contributed by atoms with van der Waals surface area (Å²) in [7, 11) is 0. The van der Waals surface area contributed by atoms with Crippen molar-refractivity contribution in [3.8, 4) is 0 Å². The molecule has 0 aliphatic heterocycles. The molecule has 0 fully saturated rings. The smallest absolute Gasteiger partial charge is 0.180 e. The van der Waals surface area contributed by atoms with E-state index in [2.05, 4.69) is 65.8 Å². The van der Waals surface area contributed by atoms with Crippen LogP contribution in [0, 0.1) is 0 Å². The fourth-order valence-corrected chi connectivity index (χ4v) is 10.0. The predicted molar refractivity (Wildman–Crippen MR) is 335 cm³/mol. The molecule has 0 N–H and O–H groups in total. The van der Waals surface area contributed by atoms with E-state index in [1.807, 2.05) is 0 Å². The molecule has 0 aromatic rings. The Hall–Kier alpha value is -0.800. The van der Waals surface area contributed by atoms with Crippen LogP contribution in [-0.4, -0.2) is 64.8 Å². The van der Waals surface area contributed by atoms with Gasteiger partial charge in [-0.25, -0.2) is 0 Å². The average molecular weight is 1090 g/mol. The summed E-state index contributed by atoms with van der Waals surface area (Å²) < 4.78 is 45.3. The maximum atomic E-state index is 6.68. The molecule has 0 saturated carbocycles. The summed E-state index contributed by atoms with van der Waals surface area (Å²) in [5, 5.41) is 0. The van der Waals surface area contributed by atoms with Gasteiger partial charge in [0.2, 0.25) is 0 Å². The van der Waals surface area contributed by atoms with Crippen LogP contribution in [0.1, 0.15) is 363 Å². The lowest BCUT2D eigenvalue weighted by Crippen LogP contribution is -2.25. The number of allylic oxidation sites excluding steroid dienone is 2. The molecule has 0 saturated heterocycles. The molecule has 0 aromatic carbocycles. The highest BCUT2D eigenvalue weighted by Crippen LogP contribution is 2.19. The SMILES string of the molecule is CCCCCCCCCCOC(CCCCC=CC(OCCCCCCC)OC(C=CCCCCC(OCCCCCCCCCC)OCCCCCCCCCC)OCCCCCCC)OCCCCCCCCCC. The van der Waals surface area contributed by atoms with E-state index < -0.39 is 12.6 Å². The van der Waals surface area contributed by atoms with Crippen molar-refractivity contribution in [1.29, 1.82) is 0 Å². The highest BCUT2D eigenvalue weighted by Gasteiger charge is 2.15. The molecule has 0 radical (unpaired) electrons. The van der Waals surface area contributed by atoms with E-state index >= 15 is 0 Å². The second-order valence-electron chi connectivity index (χ2n) is 23.1. The molecule has 0 spiro atoms. The first-order valence-electron chi connectivity index (χ1n) is 34.8. The van der Waals surface area contributed by atoms with Crippen molar-refractivity contribution >= 4 is 0 Å². The van der Waals surface area contributed by atoms with Crippen LogP contribution >= 0.6 is 0 Å². The van der Waals surface area contributed by atoms with Crippen molar-refractivity contribution in [2.24, 2.45) is 0 Å². The Balaban J connectivity index is 5.49. The zero-order chi connectivity index (χ0) is 55.7. The van der Waals surface area contributed by atoms with Gasteiger partial charge < -0.3 is 33.2 Å². The quantitative estimate of drug-likeness (QED) is 0.0342. The van der Waals surface area contributed by atoms with Gasteiger partial charge in [-0.05, 0) is 102 Å². The molecule has 0 aliphatic rings. The zero-order valence-electron chi connectivity index (χ0n) is 53.1. The number of hydrogen-bond donors (Lipinski definition) is 0. The summed E-state index contributed by atoms with van der Waals surface area (Å²) >= 11 is 0. The Morgan fingerprint density at radius 1 is 0.221 bits per heavy atom. The fraction of sp³-hybridized carbons (Fsp3) is 0.943. The van der Waals surface area contributed by atoms with Crippen molar-refractivity contribution in [1.82, 2.24) is 0 Å². The molecule has 0 rings (SSSR count). The predicted octanol–water partition coefficient (Wildman–Crippen LogP) is 23.1. The van der Waals surface area contributed by atoms with Gasteiger partial charge in [0.25, 0.3) is 0 Å². The third-order valence-electron chi connectivity index (χ3n) is 15.2. The maximum Gasteiger partial charge on any atom is 0.180 e. The van der Waals surface area contributed by atoms with Gasteiger partial charge in [0.05, 0.1) is 13.2 Å². The van der Waals surface area contributed by atoms with Crippen LogP contribution in [0.2, 0.25) is 0 Å². The molecule has 2 atom stereocenters. The average Bonchev–Trinajstić information content (AvgIpc) is 3.43. The summed E-state index contributed by atoms with van der Waals surface area (Å²) in [6, 6.07) is 0. The molecular formula is C70H138O7. The van der Waals surface area contributed by atoms with Crippen molar-refractivity contribution in [2.45, 2.75) is 388 Å². The minimum absolute atomic E-state index is 0.0935. The lowest BCUT2D eigenvalue weighted by molar-refractivity contribution is -0.208. The number of ether oxygens (including phenoxy) is 7. The molecule has 7 heteroatoms. The molecule has 77 heavy (non-hydrogen) atoms. The van der Waals surface area contributed by atoms with Gasteiger partial charge >= 0.3 is 0 Å². The third kappa shape index (κ3) is 61.1. The minimum Gasteiger partial charge on any atom is -0.353 e. The van der Waals surface area contributed by atoms with Crippen molar-refractivity contribution in [2.75, 3.05) is 39.6 Å². The Bertz CT molecular complexity index is 987. The first kappa shape index (κ1) is 76.2. The number of rotatable bonds is 68. The fourth-order valence-electron chi connectivity index (χ4n) is 10.0. The first-order valence-corrected chi connectivity index (χ1v) is 34.8. The number of unbranched alkanes of at least 4 members (excludes halogenated alkanes) is 40. The first-order chi connectivity index (χ1) is 38.1. The topological polar surface area (TPSA) is 64.6 Å². The van der Waals surface area contributed by atoms with Gasteiger partial charge in [-0.3, -0.25) is 0 Å². The Kier molecular flexibility index (Phi) is 67.0. The highest BCUT2D eigenvalue weighted by atomic mass is 16.8. The van der Waals surface area contributed by atoms with Crippen LogP contribution in [0.25, 0.3) is 0 Å². The monoisotopic (exact) mass is 1090 g/mol. The van der Waals surface area contributed by atoms with E-state index in [0.717, 1.165) is 116 Å². The number of hydrogen-bond acceptors (Lipinski definition) is 7. The van der Waals surface area contributed by atoms with E-state index in [-0.39, 0.29) is 12.6 Å². The van der Waals surface area contributed by atoms with Gasteiger partial charge in [-0.2, -0.15) is 0 Å². The van der Waals surface area contributed by atoms with Crippen molar-refractivity contribution < 1.29 is 33.2 Å². The summed E-state index contributed by atoms with van der Waals surface area (Å²) in [4.78, 5) is 0. The van der Waals surface area contributed by atoms with Crippen molar-refractivity contribution in [3.63, 3.8) is 0 Å². The van der Waals surface area contributed by atoms with Gasteiger partial charge in [0.15, 0.2) is 25.2 Å². The Morgan fingerprint density at radius 2 is 0.429 bits per heavy atom. The summed E-state index contributed by atoms with van der Waals surface area (Å²) in [5.41, 5.74) is 0. The summed E-state index contributed by atoms with van der Waals surface area (Å²) in [6.07, 6.45) is 70.2. The van der Waals surface area contributed by atoms with Gasteiger partial charge in [-0.15, -0.1) is 0 Å². The van der Waals surface area contributed by atoms with E-state index in [9.17, 15) is 0 Å². The minimum atomic E-state index is -0.439. The second-order valence-corrected chi connectivity index (χ2v) is 23.1. The standard InChI is InChI=1S/C70H138O7/c1-7-13-19-25-29-33-43-53-61-71-67(72-62-54-44-34-30-26-20-14-8-2)57-47-37-39-49-59-69(75-65-51-41-23-17-11-5)77-70(76-66-52-42-24-18-12-6)60-50-40-38-48-58-68(73-63-55-45-35-31-27-21-15-9-3)74-64-56-46-36-32-28-22-16-10-4/h49-50,59-60,67-70H,7-48,51-58,61-66H2,1-6H3. The van der Waals surface area contributed by atoms with E-state index in [0.29, 0.717) is 13.2 Å². The largest absolute Gasteiger partial charge is 0.353 e. The molecule has 2 unspecified atom stereocenters. The zero-order valence-corrected chi connectivity index (χ0v) is 53.1. The van der Waals surface area contributed by atoms with Crippen LogP contribution in [0.3, 0.4) is 0 Å². The third-order valence-corrected chi connectivity index (χ3v) is 15.2. The Morgan fingerprint density at radius 3 is 0.662 bits per heavy atom. The van der Waals surface area contributed by atoms with Gasteiger partial charge in [-0.1, -0.05) is 285 Å². The molecule has 7 nitrogen and oxygen atoms in total. The Labute approximate surface area is 482 Å².